The van der Waals surface area contributed by atoms with Gasteiger partial charge in [0.05, 0.1) is 17.8 Å². The Kier molecular flexibility index (Phi) is 7.19. The lowest BCUT2D eigenvalue weighted by molar-refractivity contribution is -0.148. The van der Waals surface area contributed by atoms with Crippen LogP contribution in [0.4, 0.5) is 0 Å². The van der Waals surface area contributed by atoms with Crippen LogP contribution in [-0.2, 0) is 19.1 Å². The first kappa shape index (κ1) is 18.6. The van der Waals surface area contributed by atoms with Gasteiger partial charge in [-0.1, -0.05) is 18.2 Å². The van der Waals surface area contributed by atoms with Crippen LogP contribution in [0.25, 0.3) is 6.08 Å². The monoisotopic (exact) mass is 318 g/mol. The fourth-order valence-corrected chi connectivity index (χ4v) is 1.71. The van der Waals surface area contributed by atoms with Crippen LogP contribution in [0.15, 0.2) is 30.3 Å². The fraction of sp³-hybridized carbons (Fsp3) is 0.389. The largest absolute Gasteiger partial charge is 0.463 e. The molecule has 0 aliphatic rings. The van der Waals surface area contributed by atoms with Gasteiger partial charge >= 0.3 is 11.9 Å². The van der Waals surface area contributed by atoms with Crippen molar-refractivity contribution in [2.75, 3.05) is 0 Å². The summed E-state index contributed by atoms with van der Waals surface area (Å²) in [5, 5.41) is 0. The third-order valence-corrected chi connectivity index (χ3v) is 2.64. The summed E-state index contributed by atoms with van der Waals surface area (Å²) in [6, 6.07) is 6.66. The zero-order valence-electron chi connectivity index (χ0n) is 13.9. The molecule has 5 nitrogen and oxygen atoms in total. The highest BCUT2D eigenvalue weighted by molar-refractivity contribution is 6.04. The molecular formula is C18H22O5. The molecule has 0 heterocycles. The van der Waals surface area contributed by atoms with Crippen LogP contribution in [0.5, 0.6) is 0 Å². The number of hydrogen-bond donors (Lipinski definition) is 0. The van der Waals surface area contributed by atoms with Crippen molar-refractivity contribution < 1.29 is 23.9 Å². The summed E-state index contributed by atoms with van der Waals surface area (Å²) in [6.45, 7) is 7.02. The van der Waals surface area contributed by atoms with E-state index in [1.54, 1.807) is 58.0 Å². The molecule has 0 fully saturated rings. The predicted molar refractivity (Wildman–Crippen MR) is 86.9 cm³/mol. The first-order valence-electron chi connectivity index (χ1n) is 7.49. The van der Waals surface area contributed by atoms with Crippen molar-refractivity contribution in [1.29, 1.82) is 0 Å². The van der Waals surface area contributed by atoms with Gasteiger partial charge in [-0.15, -0.1) is 0 Å². The molecule has 0 saturated carbocycles. The van der Waals surface area contributed by atoms with Gasteiger partial charge in [-0.2, -0.15) is 0 Å². The van der Waals surface area contributed by atoms with E-state index in [1.807, 2.05) is 0 Å². The number of allylic oxidation sites excluding steroid dienone is 1. The second-order valence-corrected chi connectivity index (χ2v) is 5.59. The summed E-state index contributed by atoms with van der Waals surface area (Å²) >= 11 is 0. The van der Waals surface area contributed by atoms with Crippen molar-refractivity contribution >= 4 is 23.8 Å². The molecule has 0 atom stereocenters. The summed E-state index contributed by atoms with van der Waals surface area (Å²) < 4.78 is 9.99. The lowest BCUT2D eigenvalue weighted by Gasteiger charge is -2.07. The molecule has 124 valence electrons. The second kappa shape index (κ2) is 8.88. The first-order chi connectivity index (χ1) is 10.8. The highest BCUT2D eigenvalue weighted by atomic mass is 16.5. The Bertz CT molecular complexity index is 582. The molecule has 0 saturated heterocycles. The molecule has 0 N–H and O–H groups in total. The summed E-state index contributed by atoms with van der Waals surface area (Å²) in [5.74, 6) is -1.26. The molecule has 5 heteroatoms. The molecule has 0 aromatic heterocycles. The third kappa shape index (κ3) is 7.40. The van der Waals surface area contributed by atoms with E-state index in [0.717, 1.165) is 5.56 Å². The van der Waals surface area contributed by atoms with Crippen LogP contribution in [0.1, 0.15) is 50.0 Å². The Labute approximate surface area is 136 Å². The van der Waals surface area contributed by atoms with Gasteiger partial charge in [0.15, 0.2) is 5.78 Å². The smallest absolute Gasteiger partial charge is 0.338 e. The van der Waals surface area contributed by atoms with Crippen molar-refractivity contribution in [2.24, 2.45) is 0 Å². The van der Waals surface area contributed by atoms with Crippen LogP contribution < -0.4 is 0 Å². The summed E-state index contributed by atoms with van der Waals surface area (Å²) in [4.78, 5) is 34.7. The molecule has 1 aromatic rings. The normalized spacial score (nSPS) is 11.0. The van der Waals surface area contributed by atoms with Gasteiger partial charge in [-0.05, 0) is 51.5 Å². The number of hydrogen-bond acceptors (Lipinski definition) is 5. The molecule has 23 heavy (non-hydrogen) atoms. The lowest BCUT2D eigenvalue weighted by atomic mass is 10.1. The number of carbonyl (C=O) groups is 3. The van der Waals surface area contributed by atoms with Crippen LogP contribution in [0.2, 0.25) is 0 Å². The van der Waals surface area contributed by atoms with E-state index in [9.17, 15) is 14.4 Å². The van der Waals surface area contributed by atoms with Gasteiger partial charge in [0.1, 0.15) is 6.42 Å². The summed E-state index contributed by atoms with van der Waals surface area (Å²) in [7, 11) is 0. The van der Waals surface area contributed by atoms with Crippen LogP contribution in [-0.4, -0.2) is 29.9 Å². The van der Waals surface area contributed by atoms with E-state index in [2.05, 4.69) is 0 Å². The van der Waals surface area contributed by atoms with Gasteiger partial charge in [0, 0.05) is 0 Å². The van der Waals surface area contributed by atoms with Gasteiger partial charge in [0.2, 0.25) is 0 Å². The zero-order chi connectivity index (χ0) is 17.4. The van der Waals surface area contributed by atoms with E-state index in [1.165, 1.54) is 6.08 Å². The molecule has 0 spiro atoms. The van der Waals surface area contributed by atoms with Gasteiger partial charge < -0.3 is 9.47 Å². The number of ether oxygens (including phenoxy) is 2. The molecular weight excluding hydrogens is 296 g/mol. The highest BCUT2D eigenvalue weighted by Crippen LogP contribution is 2.09. The second-order valence-electron chi connectivity index (χ2n) is 5.59. The van der Waals surface area contributed by atoms with E-state index in [0.29, 0.717) is 5.56 Å². The van der Waals surface area contributed by atoms with E-state index >= 15 is 0 Å². The minimum atomic E-state index is -0.540. The number of benzene rings is 1. The molecule has 0 radical (unpaired) electrons. The van der Waals surface area contributed by atoms with E-state index < -0.39 is 5.97 Å². The molecule has 0 aliphatic carbocycles. The van der Waals surface area contributed by atoms with Crippen molar-refractivity contribution in [2.45, 2.75) is 46.3 Å². The SMILES string of the molecule is CC(C)OC(=O)CC(=O)C=Cc1ccc(C(=O)OC(C)C)cc1. The predicted octanol–water partition coefficient (Wildman–Crippen LogP) is 3.18. The summed E-state index contributed by atoms with van der Waals surface area (Å²) in [6.07, 6.45) is 2.21. The third-order valence-electron chi connectivity index (χ3n) is 2.64. The zero-order valence-corrected chi connectivity index (χ0v) is 13.9. The van der Waals surface area contributed by atoms with E-state index in [4.69, 9.17) is 9.47 Å². The molecule has 0 bridgehead atoms. The Hall–Kier alpha value is -2.43. The minimum Gasteiger partial charge on any atom is -0.463 e. The molecule has 0 amide bonds. The molecule has 1 rings (SSSR count). The standard InChI is InChI=1S/C18H22O5/c1-12(2)22-17(20)11-16(19)10-7-14-5-8-15(9-6-14)18(21)23-13(3)4/h5-10,12-13H,11H2,1-4H3. The highest BCUT2D eigenvalue weighted by Gasteiger charge is 2.10. The van der Waals surface area contributed by atoms with Crippen LogP contribution >= 0.6 is 0 Å². The quantitative estimate of drug-likeness (QED) is 0.439. The van der Waals surface area contributed by atoms with Crippen molar-refractivity contribution in [3.63, 3.8) is 0 Å². The van der Waals surface area contributed by atoms with Gasteiger partial charge in [-0.3, -0.25) is 9.59 Å². The average Bonchev–Trinajstić information content (AvgIpc) is 2.44. The molecule has 1 aromatic carbocycles. The first-order valence-corrected chi connectivity index (χ1v) is 7.49. The number of ketones is 1. The van der Waals surface area contributed by atoms with Crippen LogP contribution in [0, 0.1) is 0 Å². The maximum atomic E-state index is 11.7. The summed E-state index contributed by atoms with van der Waals surface area (Å²) in [5.41, 5.74) is 1.19. The number of carbonyl (C=O) groups excluding carboxylic acids is 3. The number of esters is 2. The minimum absolute atomic E-state index is 0.176. The lowest BCUT2D eigenvalue weighted by Crippen LogP contribution is -2.14. The Balaban J connectivity index is 2.59. The number of rotatable bonds is 7. The maximum Gasteiger partial charge on any atom is 0.338 e. The van der Waals surface area contributed by atoms with E-state index in [-0.39, 0.29) is 30.4 Å². The van der Waals surface area contributed by atoms with Crippen molar-refractivity contribution in [1.82, 2.24) is 0 Å². The Morgan fingerprint density at radius 1 is 0.957 bits per heavy atom. The Morgan fingerprint density at radius 3 is 2.04 bits per heavy atom. The molecule has 0 aliphatic heterocycles. The fourth-order valence-electron chi connectivity index (χ4n) is 1.71. The van der Waals surface area contributed by atoms with Gasteiger partial charge in [-0.25, -0.2) is 4.79 Å². The van der Waals surface area contributed by atoms with Crippen molar-refractivity contribution in [3.05, 3.63) is 41.5 Å². The maximum absolute atomic E-state index is 11.7. The van der Waals surface area contributed by atoms with Crippen molar-refractivity contribution in [3.8, 4) is 0 Å². The van der Waals surface area contributed by atoms with Crippen LogP contribution in [0.3, 0.4) is 0 Å². The molecule has 0 unspecified atom stereocenters. The van der Waals surface area contributed by atoms with Gasteiger partial charge in [0.25, 0.3) is 0 Å². The topological polar surface area (TPSA) is 69.7 Å². The average molecular weight is 318 g/mol. The Morgan fingerprint density at radius 2 is 1.52 bits per heavy atom.